The van der Waals surface area contributed by atoms with Crippen LogP contribution in [0, 0.1) is 0 Å². The lowest BCUT2D eigenvalue weighted by Gasteiger charge is -2.18. The topological polar surface area (TPSA) is 113 Å². The van der Waals surface area contributed by atoms with Gasteiger partial charge in [-0.25, -0.2) is 9.59 Å². The molecule has 4 aromatic rings. The molecule has 1 aliphatic heterocycles. The first-order valence-electron chi connectivity index (χ1n) is 13.5. The Balaban J connectivity index is 1.10. The lowest BCUT2D eigenvalue weighted by atomic mass is 9.98. The third-order valence-electron chi connectivity index (χ3n) is 7.46. The Labute approximate surface area is 242 Å². The quantitative estimate of drug-likeness (QED) is 0.257. The molecule has 0 saturated heterocycles. The number of amides is 1. The van der Waals surface area contributed by atoms with E-state index >= 15 is 0 Å². The number of hydrogen-bond donors (Lipinski definition) is 2. The Kier molecular flexibility index (Phi) is 7.55. The van der Waals surface area contributed by atoms with Crippen LogP contribution in [0.5, 0.6) is 23.0 Å². The van der Waals surface area contributed by atoms with Gasteiger partial charge >= 0.3 is 12.1 Å². The molecule has 1 aliphatic carbocycles. The fourth-order valence-corrected chi connectivity index (χ4v) is 5.42. The second kappa shape index (κ2) is 11.7. The van der Waals surface area contributed by atoms with Crippen LogP contribution in [0.4, 0.5) is 4.79 Å². The monoisotopic (exact) mass is 567 g/mol. The zero-order valence-corrected chi connectivity index (χ0v) is 22.9. The zero-order chi connectivity index (χ0) is 29.1. The van der Waals surface area contributed by atoms with E-state index in [2.05, 4.69) is 17.4 Å². The smallest absolute Gasteiger partial charge is 0.407 e. The molecule has 0 aromatic heterocycles. The number of carboxylic acids is 1. The van der Waals surface area contributed by atoms with Gasteiger partial charge in [0.2, 0.25) is 6.79 Å². The number of carboxylic acid groups (broad SMARTS) is 1. The van der Waals surface area contributed by atoms with E-state index in [1.807, 2.05) is 36.4 Å². The summed E-state index contributed by atoms with van der Waals surface area (Å²) in [7, 11) is 1.55. The van der Waals surface area contributed by atoms with E-state index in [4.69, 9.17) is 23.7 Å². The first-order chi connectivity index (χ1) is 20.5. The SMILES string of the molecule is COc1ccc(CC(NC(=O)OCC2c3ccccc3-c3ccccc32)C(=O)O)cc1COc1ccc2c(c1)OCO2. The highest BCUT2D eigenvalue weighted by atomic mass is 16.7. The van der Waals surface area contributed by atoms with Gasteiger partial charge in [0.1, 0.15) is 30.8 Å². The van der Waals surface area contributed by atoms with E-state index < -0.39 is 18.1 Å². The molecule has 1 atom stereocenters. The summed E-state index contributed by atoms with van der Waals surface area (Å²) in [6, 6.07) is 25.5. The third-order valence-corrected chi connectivity index (χ3v) is 7.46. The van der Waals surface area contributed by atoms with Gasteiger partial charge in [0.15, 0.2) is 11.5 Å². The summed E-state index contributed by atoms with van der Waals surface area (Å²) in [5.41, 5.74) is 5.79. The van der Waals surface area contributed by atoms with E-state index in [1.54, 1.807) is 43.5 Å². The molecule has 0 radical (unpaired) electrons. The summed E-state index contributed by atoms with van der Waals surface area (Å²) >= 11 is 0. The fourth-order valence-electron chi connectivity index (χ4n) is 5.42. The summed E-state index contributed by atoms with van der Waals surface area (Å²) in [5.74, 6) is 1.16. The van der Waals surface area contributed by atoms with Crippen LogP contribution < -0.4 is 24.3 Å². The number of aliphatic carboxylic acids is 1. The highest BCUT2D eigenvalue weighted by Gasteiger charge is 2.30. The number of alkyl carbamates (subject to hydrolysis) is 1. The summed E-state index contributed by atoms with van der Waals surface area (Å²) in [5, 5.41) is 12.4. The predicted molar refractivity (Wildman–Crippen MR) is 153 cm³/mol. The standard InChI is InChI=1S/C33H29NO8/c1-38-29-12-10-20(14-21(29)17-39-22-11-13-30-31(16-22)42-19-41-30)15-28(32(35)36)34-33(37)40-18-27-25-8-4-2-6-23(25)24-7-3-5-9-26(24)27/h2-14,16,27-28H,15,17-19H2,1H3,(H,34,37)(H,35,36). The minimum absolute atomic E-state index is 0.0422. The summed E-state index contributed by atoms with van der Waals surface area (Å²) in [6.07, 6.45) is -0.746. The Hall–Kier alpha value is -5.18. The fraction of sp³-hybridized carbons (Fsp3) is 0.212. The Bertz CT molecular complexity index is 1590. The van der Waals surface area contributed by atoms with Crippen molar-refractivity contribution in [2.24, 2.45) is 0 Å². The number of benzene rings is 4. The number of fused-ring (bicyclic) bond motifs is 4. The molecule has 0 spiro atoms. The number of methoxy groups -OCH3 is 1. The van der Waals surface area contributed by atoms with Gasteiger partial charge in [-0.2, -0.15) is 0 Å². The van der Waals surface area contributed by atoms with Crippen LogP contribution in [0.25, 0.3) is 11.1 Å². The van der Waals surface area contributed by atoms with Crippen molar-refractivity contribution in [2.75, 3.05) is 20.5 Å². The van der Waals surface area contributed by atoms with Crippen LogP contribution in [0.2, 0.25) is 0 Å². The number of rotatable bonds is 10. The van der Waals surface area contributed by atoms with Gasteiger partial charge < -0.3 is 34.1 Å². The minimum Gasteiger partial charge on any atom is -0.496 e. The molecule has 1 heterocycles. The first kappa shape index (κ1) is 27.0. The van der Waals surface area contributed by atoms with Crippen LogP contribution in [0.15, 0.2) is 84.9 Å². The summed E-state index contributed by atoms with van der Waals surface area (Å²) in [6.45, 7) is 0.438. The lowest BCUT2D eigenvalue weighted by molar-refractivity contribution is -0.139. The average molecular weight is 568 g/mol. The largest absolute Gasteiger partial charge is 0.496 e. The van der Waals surface area contributed by atoms with Crippen LogP contribution in [-0.2, 0) is 22.6 Å². The number of nitrogens with one attached hydrogen (secondary N) is 1. The van der Waals surface area contributed by atoms with Gasteiger partial charge in [-0.1, -0.05) is 54.6 Å². The Morgan fingerprint density at radius 2 is 1.64 bits per heavy atom. The molecular formula is C33H29NO8. The minimum atomic E-state index is -1.20. The van der Waals surface area contributed by atoms with Crippen LogP contribution in [0.3, 0.4) is 0 Å². The normalized spacial score (nSPS) is 13.5. The van der Waals surface area contributed by atoms with Crippen molar-refractivity contribution in [2.45, 2.75) is 25.0 Å². The molecule has 42 heavy (non-hydrogen) atoms. The number of ether oxygens (including phenoxy) is 5. The number of carbonyl (C=O) groups is 2. The zero-order valence-electron chi connectivity index (χ0n) is 22.9. The van der Waals surface area contributed by atoms with Gasteiger partial charge in [-0.05, 0) is 52.1 Å². The molecule has 1 unspecified atom stereocenters. The van der Waals surface area contributed by atoms with Crippen molar-refractivity contribution in [1.82, 2.24) is 5.32 Å². The van der Waals surface area contributed by atoms with Gasteiger partial charge in [0.25, 0.3) is 0 Å². The Morgan fingerprint density at radius 3 is 2.36 bits per heavy atom. The van der Waals surface area contributed by atoms with Crippen molar-refractivity contribution in [3.8, 4) is 34.1 Å². The summed E-state index contributed by atoms with van der Waals surface area (Å²) < 4.78 is 27.7. The second-order valence-corrected chi connectivity index (χ2v) is 10.0. The number of hydrogen-bond acceptors (Lipinski definition) is 7. The number of carbonyl (C=O) groups excluding carboxylic acids is 1. The maximum absolute atomic E-state index is 12.8. The molecule has 2 N–H and O–H groups in total. The summed E-state index contributed by atoms with van der Waals surface area (Å²) in [4.78, 5) is 24.9. The predicted octanol–water partition coefficient (Wildman–Crippen LogP) is 5.54. The maximum Gasteiger partial charge on any atom is 0.407 e. The van der Waals surface area contributed by atoms with Crippen LogP contribution >= 0.6 is 0 Å². The molecule has 4 aromatic carbocycles. The molecule has 2 aliphatic rings. The molecule has 0 bridgehead atoms. The van der Waals surface area contributed by atoms with Gasteiger partial charge in [-0.3, -0.25) is 0 Å². The van der Waals surface area contributed by atoms with E-state index in [-0.39, 0.29) is 32.3 Å². The third kappa shape index (κ3) is 5.54. The van der Waals surface area contributed by atoms with E-state index in [9.17, 15) is 14.7 Å². The second-order valence-electron chi connectivity index (χ2n) is 10.0. The highest BCUT2D eigenvalue weighted by Crippen LogP contribution is 2.44. The average Bonchev–Trinajstić information content (AvgIpc) is 3.61. The molecule has 1 amide bonds. The van der Waals surface area contributed by atoms with Crippen LogP contribution in [0.1, 0.15) is 28.2 Å². The van der Waals surface area contributed by atoms with Crippen molar-refractivity contribution in [3.63, 3.8) is 0 Å². The van der Waals surface area contributed by atoms with Crippen molar-refractivity contribution < 1.29 is 38.4 Å². The molecular weight excluding hydrogens is 538 g/mol. The van der Waals surface area contributed by atoms with E-state index in [1.165, 1.54) is 0 Å². The van der Waals surface area contributed by atoms with Gasteiger partial charge in [0.05, 0.1) is 7.11 Å². The van der Waals surface area contributed by atoms with Crippen LogP contribution in [-0.4, -0.2) is 43.7 Å². The Morgan fingerprint density at radius 1 is 0.929 bits per heavy atom. The van der Waals surface area contributed by atoms with Crippen molar-refractivity contribution in [1.29, 1.82) is 0 Å². The van der Waals surface area contributed by atoms with E-state index in [0.717, 1.165) is 27.8 Å². The maximum atomic E-state index is 12.8. The van der Waals surface area contributed by atoms with Crippen molar-refractivity contribution >= 4 is 12.1 Å². The molecule has 9 heteroatoms. The highest BCUT2D eigenvalue weighted by molar-refractivity contribution is 5.81. The molecule has 6 rings (SSSR count). The molecule has 0 saturated carbocycles. The van der Waals surface area contributed by atoms with Gasteiger partial charge in [0, 0.05) is 24.0 Å². The molecule has 214 valence electrons. The van der Waals surface area contributed by atoms with Crippen molar-refractivity contribution in [3.05, 3.63) is 107 Å². The molecule has 0 fully saturated rings. The lowest BCUT2D eigenvalue weighted by Crippen LogP contribution is -2.42. The molecule has 9 nitrogen and oxygen atoms in total. The first-order valence-corrected chi connectivity index (χ1v) is 13.5. The van der Waals surface area contributed by atoms with E-state index in [0.29, 0.717) is 28.6 Å². The van der Waals surface area contributed by atoms with Gasteiger partial charge in [-0.15, -0.1) is 0 Å².